The maximum absolute atomic E-state index is 3.52. The molecule has 0 atom stereocenters. The zero-order chi connectivity index (χ0) is 12.8. The molecule has 1 heterocycles. The van der Waals surface area contributed by atoms with Gasteiger partial charge in [-0.3, -0.25) is 0 Å². The van der Waals surface area contributed by atoms with Gasteiger partial charge in [-0.1, -0.05) is 26.7 Å². The highest BCUT2D eigenvalue weighted by atomic mass is 15.1. The van der Waals surface area contributed by atoms with Crippen LogP contribution in [0, 0.1) is 11.3 Å². The Morgan fingerprint density at radius 1 is 1.00 bits per heavy atom. The second-order valence-corrected chi connectivity index (χ2v) is 7.04. The third-order valence-electron chi connectivity index (χ3n) is 4.72. The molecule has 0 bridgehead atoms. The number of rotatable bonds is 4. The van der Waals surface area contributed by atoms with Gasteiger partial charge in [-0.15, -0.1) is 0 Å². The minimum absolute atomic E-state index is 0.667. The van der Waals surface area contributed by atoms with Crippen molar-refractivity contribution < 1.29 is 0 Å². The monoisotopic (exact) mass is 252 g/mol. The zero-order valence-electron chi connectivity index (χ0n) is 12.5. The smallest absolute Gasteiger partial charge is 0.00381 e. The van der Waals surface area contributed by atoms with Crippen LogP contribution in [-0.4, -0.2) is 37.6 Å². The fraction of sp³-hybridized carbons (Fsp3) is 1.00. The Morgan fingerprint density at radius 2 is 1.61 bits per heavy atom. The Bertz CT molecular complexity index is 223. The first-order chi connectivity index (χ1) is 8.70. The molecule has 18 heavy (non-hydrogen) atoms. The van der Waals surface area contributed by atoms with Crippen LogP contribution in [0.4, 0.5) is 0 Å². The highest BCUT2D eigenvalue weighted by molar-refractivity contribution is 4.88. The van der Waals surface area contributed by atoms with Crippen LogP contribution in [0.25, 0.3) is 0 Å². The lowest BCUT2D eigenvalue weighted by Crippen LogP contribution is -2.41. The van der Waals surface area contributed by atoms with Crippen molar-refractivity contribution in [3.8, 4) is 0 Å². The van der Waals surface area contributed by atoms with Gasteiger partial charge in [-0.25, -0.2) is 0 Å². The fourth-order valence-corrected chi connectivity index (χ4v) is 4.14. The zero-order valence-corrected chi connectivity index (χ0v) is 12.5. The summed E-state index contributed by atoms with van der Waals surface area (Å²) in [6.07, 6.45) is 10.0. The lowest BCUT2D eigenvalue weighted by molar-refractivity contribution is 0.122. The van der Waals surface area contributed by atoms with Crippen molar-refractivity contribution in [3.63, 3.8) is 0 Å². The lowest BCUT2D eigenvalue weighted by atomic mass is 9.78. The van der Waals surface area contributed by atoms with Gasteiger partial charge in [0.15, 0.2) is 0 Å². The van der Waals surface area contributed by atoms with Crippen LogP contribution in [0.3, 0.4) is 0 Å². The van der Waals surface area contributed by atoms with Crippen molar-refractivity contribution in [1.82, 2.24) is 10.2 Å². The van der Waals surface area contributed by atoms with E-state index >= 15 is 0 Å². The molecule has 1 aliphatic carbocycles. The largest absolute Gasteiger partial charge is 0.317 e. The molecule has 0 aromatic heterocycles. The topological polar surface area (TPSA) is 15.3 Å². The highest BCUT2D eigenvalue weighted by Gasteiger charge is 2.35. The van der Waals surface area contributed by atoms with Gasteiger partial charge >= 0.3 is 0 Å². The number of nitrogens with zero attached hydrogens (tertiary/aromatic N) is 1. The van der Waals surface area contributed by atoms with Crippen molar-refractivity contribution in [2.24, 2.45) is 11.3 Å². The molecule has 2 nitrogen and oxygen atoms in total. The predicted octanol–water partition coefficient (Wildman–Crippen LogP) is 3.28. The second-order valence-electron chi connectivity index (χ2n) is 7.04. The van der Waals surface area contributed by atoms with Crippen molar-refractivity contribution in [2.45, 2.75) is 58.8 Å². The van der Waals surface area contributed by atoms with E-state index in [9.17, 15) is 0 Å². The van der Waals surface area contributed by atoms with Gasteiger partial charge in [0.2, 0.25) is 0 Å². The van der Waals surface area contributed by atoms with E-state index in [2.05, 4.69) is 24.1 Å². The summed E-state index contributed by atoms with van der Waals surface area (Å²) >= 11 is 0. The predicted molar refractivity (Wildman–Crippen MR) is 78.9 cm³/mol. The molecule has 2 fully saturated rings. The highest BCUT2D eigenvalue weighted by Crippen LogP contribution is 2.43. The lowest BCUT2D eigenvalue weighted by Gasteiger charge is -2.37. The number of hydrogen-bond acceptors (Lipinski definition) is 2. The molecule has 106 valence electrons. The van der Waals surface area contributed by atoms with Gasteiger partial charge in [0, 0.05) is 6.54 Å². The summed E-state index contributed by atoms with van der Waals surface area (Å²) in [5.41, 5.74) is 0.667. The fourth-order valence-electron chi connectivity index (χ4n) is 4.14. The maximum atomic E-state index is 3.52. The molecule has 2 aliphatic rings. The summed E-state index contributed by atoms with van der Waals surface area (Å²) in [4.78, 5) is 2.77. The van der Waals surface area contributed by atoms with E-state index in [1.807, 2.05) is 0 Å². The molecule has 1 saturated carbocycles. The molecule has 2 rings (SSSR count). The number of nitrogens with one attached hydrogen (secondary N) is 1. The molecule has 0 unspecified atom stereocenters. The van der Waals surface area contributed by atoms with E-state index in [4.69, 9.17) is 0 Å². The van der Waals surface area contributed by atoms with E-state index in [1.54, 1.807) is 0 Å². The van der Waals surface area contributed by atoms with Gasteiger partial charge < -0.3 is 10.2 Å². The van der Waals surface area contributed by atoms with E-state index < -0.39 is 0 Å². The molecule has 0 spiro atoms. The summed E-state index contributed by atoms with van der Waals surface area (Å²) in [5.74, 6) is 0.861. The molecule has 0 aromatic rings. The Kier molecular flexibility index (Phi) is 5.50. The third-order valence-corrected chi connectivity index (χ3v) is 4.72. The maximum Gasteiger partial charge on any atom is 0.00381 e. The quantitative estimate of drug-likeness (QED) is 0.826. The molecule has 0 aromatic carbocycles. The molecular weight excluding hydrogens is 220 g/mol. The summed E-state index contributed by atoms with van der Waals surface area (Å²) in [6, 6.07) is 0. The second kappa shape index (κ2) is 6.91. The molecule has 0 radical (unpaired) electrons. The first kappa shape index (κ1) is 14.3. The Balaban J connectivity index is 1.90. The SMILES string of the molecule is CC(C)CC1(CN2CCCNCCC2)CCCC1. The van der Waals surface area contributed by atoms with Crippen LogP contribution < -0.4 is 5.32 Å². The molecule has 2 heteroatoms. The van der Waals surface area contributed by atoms with Gasteiger partial charge in [-0.2, -0.15) is 0 Å². The van der Waals surface area contributed by atoms with E-state index in [-0.39, 0.29) is 0 Å². The summed E-state index contributed by atoms with van der Waals surface area (Å²) in [6.45, 7) is 11.2. The Hall–Kier alpha value is -0.0800. The molecule has 1 aliphatic heterocycles. The van der Waals surface area contributed by atoms with Crippen LogP contribution >= 0.6 is 0 Å². The van der Waals surface area contributed by atoms with Crippen molar-refractivity contribution in [3.05, 3.63) is 0 Å². The van der Waals surface area contributed by atoms with E-state index in [0.29, 0.717) is 5.41 Å². The van der Waals surface area contributed by atoms with Gasteiger partial charge in [-0.05, 0) is 69.6 Å². The minimum atomic E-state index is 0.667. The molecular formula is C16H32N2. The first-order valence-electron chi connectivity index (χ1n) is 8.13. The van der Waals surface area contributed by atoms with Gasteiger partial charge in [0.25, 0.3) is 0 Å². The van der Waals surface area contributed by atoms with Crippen molar-refractivity contribution >= 4 is 0 Å². The molecule has 0 amide bonds. The van der Waals surface area contributed by atoms with Crippen LogP contribution in [0.1, 0.15) is 58.8 Å². The van der Waals surface area contributed by atoms with E-state index in [1.165, 1.54) is 77.7 Å². The average molecular weight is 252 g/mol. The van der Waals surface area contributed by atoms with Crippen molar-refractivity contribution in [2.75, 3.05) is 32.7 Å². The van der Waals surface area contributed by atoms with Crippen molar-refractivity contribution in [1.29, 1.82) is 0 Å². The Labute approximate surface area is 114 Å². The van der Waals surface area contributed by atoms with Crippen LogP contribution in [-0.2, 0) is 0 Å². The average Bonchev–Trinajstić information content (AvgIpc) is 2.69. The van der Waals surface area contributed by atoms with Gasteiger partial charge in [0.05, 0.1) is 0 Å². The minimum Gasteiger partial charge on any atom is -0.317 e. The van der Waals surface area contributed by atoms with E-state index in [0.717, 1.165) is 5.92 Å². The molecule has 1 N–H and O–H groups in total. The van der Waals surface area contributed by atoms with Gasteiger partial charge in [0.1, 0.15) is 0 Å². The van der Waals surface area contributed by atoms with Crippen LogP contribution in [0.2, 0.25) is 0 Å². The summed E-state index contributed by atoms with van der Waals surface area (Å²) < 4.78 is 0. The molecule has 1 saturated heterocycles. The third kappa shape index (κ3) is 4.24. The van der Waals surface area contributed by atoms with Crippen LogP contribution in [0.5, 0.6) is 0 Å². The van der Waals surface area contributed by atoms with Crippen LogP contribution in [0.15, 0.2) is 0 Å². The number of hydrogen-bond donors (Lipinski definition) is 1. The summed E-state index contributed by atoms with van der Waals surface area (Å²) in [7, 11) is 0. The summed E-state index contributed by atoms with van der Waals surface area (Å²) in [5, 5.41) is 3.52. The Morgan fingerprint density at radius 3 is 2.17 bits per heavy atom. The normalized spacial score (nSPS) is 26.2. The standard InChI is InChI=1S/C16H32N2/c1-15(2)13-16(7-3-4-8-16)14-18-11-5-9-17-10-6-12-18/h15,17H,3-14H2,1-2H3. The first-order valence-corrected chi connectivity index (χ1v) is 8.13.